The number of nitrogens with zero attached hydrogens (tertiary/aromatic N) is 3. The van der Waals surface area contributed by atoms with Gasteiger partial charge in [0.15, 0.2) is 17.6 Å². The van der Waals surface area contributed by atoms with E-state index in [1.807, 2.05) is 0 Å². The van der Waals surface area contributed by atoms with Gasteiger partial charge >= 0.3 is 6.18 Å². The summed E-state index contributed by atoms with van der Waals surface area (Å²) < 4.78 is 50.4. The Morgan fingerprint density at radius 1 is 1.45 bits per heavy atom. The Balaban J connectivity index is 2.59. The molecular weight excluding hydrogens is 282 g/mol. The second kappa shape index (κ2) is 7.08. The molecule has 10 heteroatoms. The molecule has 0 amide bonds. The normalized spacial score (nSPS) is 12.8. The number of aromatic nitrogens is 2. The maximum absolute atomic E-state index is 13.4. The Kier molecular flexibility index (Phi) is 5.74. The van der Waals surface area contributed by atoms with Crippen molar-refractivity contribution in [2.45, 2.75) is 25.6 Å². The number of aliphatic hydroxyl groups excluding tert-OH is 1. The van der Waals surface area contributed by atoms with Gasteiger partial charge in [0.2, 0.25) is 0 Å². The van der Waals surface area contributed by atoms with Gasteiger partial charge in [0.1, 0.15) is 6.54 Å². The third-order valence-corrected chi connectivity index (χ3v) is 2.19. The molecule has 0 bridgehead atoms. The summed E-state index contributed by atoms with van der Waals surface area (Å²) in [6.45, 7) is -1.06. The lowest BCUT2D eigenvalue weighted by molar-refractivity contribution is -0.118. The minimum Gasteiger partial charge on any atom is -0.396 e. The van der Waals surface area contributed by atoms with Crippen molar-refractivity contribution in [3.05, 3.63) is 12.0 Å². The van der Waals surface area contributed by atoms with Crippen LogP contribution in [0, 0.1) is 5.82 Å². The van der Waals surface area contributed by atoms with Gasteiger partial charge in [-0.05, 0) is 12.8 Å². The van der Waals surface area contributed by atoms with Crippen molar-refractivity contribution in [3.8, 4) is 0 Å². The number of hydrogen-bond acceptors (Lipinski definition) is 3. The summed E-state index contributed by atoms with van der Waals surface area (Å²) >= 11 is 0. The van der Waals surface area contributed by atoms with Crippen LogP contribution < -0.4 is 11.1 Å². The Morgan fingerprint density at radius 3 is 2.75 bits per heavy atom. The monoisotopic (exact) mass is 297 g/mol. The maximum Gasteiger partial charge on any atom is 0.408 e. The average Bonchev–Trinajstić information content (AvgIpc) is 2.67. The molecule has 20 heavy (non-hydrogen) atoms. The lowest BCUT2D eigenvalue weighted by Gasteiger charge is -2.04. The number of anilines is 1. The molecular formula is C10H15F4N5O. The van der Waals surface area contributed by atoms with Gasteiger partial charge < -0.3 is 16.2 Å². The number of aliphatic imine (C=N–C) groups is 1. The molecule has 0 aliphatic rings. The molecule has 1 rings (SSSR count). The molecule has 0 aromatic carbocycles. The van der Waals surface area contributed by atoms with Gasteiger partial charge in [-0.2, -0.15) is 18.3 Å². The molecule has 1 aromatic rings. The number of halogens is 4. The quantitative estimate of drug-likeness (QED) is 0.317. The highest BCUT2D eigenvalue weighted by Gasteiger charge is 2.26. The van der Waals surface area contributed by atoms with Gasteiger partial charge in [-0.15, -0.1) is 0 Å². The molecule has 0 aliphatic heterocycles. The van der Waals surface area contributed by atoms with Crippen LogP contribution in [0.4, 0.5) is 23.4 Å². The number of hydrogen-bond donors (Lipinski definition) is 3. The zero-order valence-corrected chi connectivity index (χ0v) is 10.5. The van der Waals surface area contributed by atoms with E-state index in [2.05, 4.69) is 15.4 Å². The van der Waals surface area contributed by atoms with Crippen LogP contribution in [0.1, 0.15) is 12.8 Å². The van der Waals surface area contributed by atoms with E-state index in [-0.39, 0.29) is 12.4 Å². The Bertz CT molecular complexity index is 457. The van der Waals surface area contributed by atoms with Gasteiger partial charge in [-0.25, -0.2) is 9.38 Å². The Hall–Kier alpha value is -1.84. The topological polar surface area (TPSA) is 88.5 Å². The zero-order valence-electron chi connectivity index (χ0n) is 10.5. The highest BCUT2D eigenvalue weighted by molar-refractivity contribution is 5.91. The first-order valence-electron chi connectivity index (χ1n) is 5.79. The van der Waals surface area contributed by atoms with Crippen LogP contribution in [0.2, 0.25) is 0 Å². The van der Waals surface area contributed by atoms with Crippen molar-refractivity contribution in [2.75, 3.05) is 18.5 Å². The van der Waals surface area contributed by atoms with E-state index in [0.717, 1.165) is 6.20 Å². The van der Waals surface area contributed by atoms with E-state index in [4.69, 9.17) is 10.8 Å². The molecule has 114 valence electrons. The van der Waals surface area contributed by atoms with Crippen molar-refractivity contribution in [1.82, 2.24) is 9.78 Å². The van der Waals surface area contributed by atoms with Crippen molar-refractivity contribution in [3.63, 3.8) is 0 Å². The lowest BCUT2D eigenvalue weighted by atomic mass is 10.3. The predicted molar refractivity (Wildman–Crippen MR) is 64.7 cm³/mol. The van der Waals surface area contributed by atoms with Crippen LogP contribution >= 0.6 is 0 Å². The van der Waals surface area contributed by atoms with Crippen molar-refractivity contribution >= 4 is 11.8 Å². The highest BCUT2D eigenvalue weighted by Crippen LogP contribution is 2.15. The van der Waals surface area contributed by atoms with E-state index in [9.17, 15) is 17.6 Å². The molecule has 0 aliphatic carbocycles. The molecule has 0 saturated carbocycles. The van der Waals surface area contributed by atoms with Crippen LogP contribution in [0.3, 0.4) is 0 Å². The van der Waals surface area contributed by atoms with Crippen molar-refractivity contribution < 1.29 is 22.7 Å². The molecule has 4 N–H and O–H groups in total. The third kappa shape index (κ3) is 5.87. The van der Waals surface area contributed by atoms with Gasteiger partial charge in [0.05, 0.1) is 6.20 Å². The molecule has 1 heterocycles. The molecule has 0 unspecified atom stereocenters. The van der Waals surface area contributed by atoms with Crippen LogP contribution in [-0.4, -0.2) is 40.2 Å². The Labute approximate surface area is 112 Å². The summed E-state index contributed by atoms with van der Waals surface area (Å²) in [5.41, 5.74) is 5.20. The first-order valence-corrected chi connectivity index (χ1v) is 5.79. The SMILES string of the molecule is N/C(=N/CC(F)(F)F)Nc1nn(CCCCO)cc1F. The van der Waals surface area contributed by atoms with Crippen LogP contribution in [0.25, 0.3) is 0 Å². The highest BCUT2D eigenvalue weighted by atomic mass is 19.4. The third-order valence-electron chi connectivity index (χ3n) is 2.19. The molecule has 0 saturated heterocycles. The van der Waals surface area contributed by atoms with Crippen LogP contribution in [0.15, 0.2) is 11.2 Å². The fourth-order valence-electron chi connectivity index (χ4n) is 1.32. The number of nitrogens with two attached hydrogens (primary N) is 1. The van der Waals surface area contributed by atoms with E-state index in [1.54, 1.807) is 0 Å². The molecule has 0 atom stereocenters. The van der Waals surface area contributed by atoms with Crippen LogP contribution in [-0.2, 0) is 6.54 Å². The van der Waals surface area contributed by atoms with Gasteiger partial charge in [-0.3, -0.25) is 4.68 Å². The smallest absolute Gasteiger partial charge is 0.396 e. The number of nitrogens with one attached hydrogen (secondary N) is 1. The summed E-state index contributed by atoms with van der Waals surface area (Å²) in [5.74, 6) is -1.61. The fraction of sp³-hybridized carbons (Fsp3) is 0.600. The number of rotatable bonds is 6. The number of aryl methyl sites for hydroxylation is 1. The second-order valence-corrected chi connectivity index (χ2v) is 3.96. The molecule has 0 radical (unpaired) electrons. The minimum absolute atomic E-state index is 0.0197. The van der Waals surface area contributed by atoms with E-state index >= 15 is 0 Å². The molecule has 0 spiro atoms. The molecule has 6 nitrogen and oxygen atoms in total. The predicted octanol–water partition coefficient (Wildman–Crippen LogP) is 1.08. The number of unbranched alkanes of at least 4 members (excludes halogenated alkanes) is 1. The summed E-state index contributed by atoms with van der Waals surface area (Å²) in [7, 11) is 0. The molecule has 0 fully saturated rings. The van der Waals surface area contributed by atoms with Crippen molar-refractivity contribution in [2.24, 2.45) is 10.7 Å². The minimum atomic E-state index is -4.48. The summed E-state index contributed by atoms with van der Waals surface area (Å²) in [5, 5.41) is 14.5. The molecule has 1 aromatic heterocycles. The second-order valence-electron chi connectivity index (χ2n) is 3.96. The maximum atomic E-state index is 13.4. The largest absolute Gasteiger partial charge is 0.408 e. The Morgan fingerprint density at radius 2 is 2.15 bits per heavy atom. The summed E-state index contributed by atoms with van der Waals surface area (Å²) in [6.07, 6.45) is -2.26. The first kappa shape index (κ1) is 16.2. The number of alkyl halides is 3. The lowest BCUT2D eigenvalue weighted by Crippen LogP contribution is -2.26. The number of guanidine groups is 1. The van der Waals surface area contributed by atoms with E-state index in [1.165, 1.54) is 4.68 Å². The zero-order chi connectivity index (χ0) is 15.2. The summed E-state index contributed by atoms with van der Waals surface area (Å²) in [4.78, 5) is 3.03. The first-order chi connectivity index (χ1) is 9.31. The van der Waals surface area contributed by atoms with Gasteiger partial charge in [0.25, 0.3) is 0 Å². The van der Waals surface area contributed by atoms with Crippen LogP contribution in [0.5, 0.6) is 0 Å². The van der Waals surface area contributed by atoms with E-state index < -0.39 is 24.5 Å². The standard InChI is InChI=1S/C10H15F4N5O/c11-7-5-19(3-1-2-4-20)18-8(7)17-9(15)16-6-10(12,13)14/h5,20H,1-4,6H2,(H3,15,16,17,18). The summed E-state index contributed by atoms with van der Waals surface area (Å²) in [6, 6.07) is 0. The fourth-order valence-corrected chi connectivity index (χ4v) is 1.32. The van der Waals surface area contributed by atoms with Crippen molar-refractivity contribution in [1.29, 1.82) is 0 Å². The van der Waals surface area contributed by atoms with Gasteiger partial charge in [0, 0.05) is 13.2 Å². The van der Waals surface area contributed by atoms with Gasteiger partial charge in [-0.1, -0.05) is 0 Å². The average molecular weight is 297 g/mol. The number of aliphatic hydroxyl groups is 1. The van der Waals surface area contributed by atoms with E-state index in [0.29, 0.717) is 19.4 Å².